The zero-order chi connectivity index (χ0) is 22.2. The van der Waals surface area contributed by atoms with E-state index in [2.05, 4.69) is 26.5 Å². The highest BCUT2D eigenvalue weighted by Gasteiger charge is 2.12. The molecular formula is C23H19BrCl2N2O3. The summed E-state index contributed by atoms with van der Waals surface area (Å²) in [6, 6.07) is 17.7. The molecule has 0 aliphatic carbocycles. The maximum atomic E-state index is 12.1. The normalized spacial score (nSPS) is 10.8. The van der Waals surface area contributed by atoms with Gasteiger partial charge in [-0.05, 0) is 59.3 Å². The van der Waals surface area contributed by atoms with Crippen LogP contribution in [-0.2, 0) is 6.61 Å². The van der Waals surface area contributed by atoms with Crippen LogP contribution in [0.1, 0.15) is 28.4 Å². The number of carbonyl (C=O) groups excluding carboxylic acids is 1. The van der Waals surface area contributed by atoms with Crippen LogP contribution in [0.2, 0.25) is 10.0 Å². The van der Waals surface area contributed by atoms with Crippen LogP contribution in [0.3, 0.4) is 0 Å². The van der Waals surface area contributed by atoms with E-state index in [4.69, 9.17) is 32.7 Å². The van der Waals surface area contributed by atoms with Gasteiger partial charge in [-0.2, -0.15) is 5.10 Å². The molecule has 160 valence electrons. The zero-order valence-corrected chi connectivity index (χ0v) is 19.7. The second-order valence-corrected chi connectivity index (χ2v) is 8.04. The number of hydrogen-bond donors (Lipinski definition) is 1. The van der Waals surface area contributed by atoms with E-state index in [0.29, 0.717) is 39.3 Å². The highest BCUT2D eigenvalue weighted by molar-refractivity contribution is 9.10. The monoisotopic (exact) mass is 520 g/mol. The van der Waals surface area contributed by atoms with Gasteiger partial charge in [0.25, 0.3) is 5.91 Å². The second-order valence-electron chi connectivity index (χ2n) is 6.34. The molecule has 0 radical (unpaired) electrons. The van der Waals surface area contributed by atoms with Crippen LogP contribution >= 0.6 is 39.1 Å². The van der Waals surface area contributed by atoms with Crippen molar-refractivity contribution in [3.05, 3.63) is 91.9 Å². The smallest absolute Gasteiger partial charge is 0.271 e. The molecule has 3 rings (SSSR count). The number of nitrogens with one attached hydrogen (secondary N) is 1. The molecule has 0 heterocycles. The number of carbonyl (C=O) groups is 1. The van der Waals surface area contributed by atoms with Crippen LogP contribution < -0.4 is 14.9 Å². The number of hydrazone groups is 1. The average Bonchev–Trinajstić information content (AvgIpc) is 2.76. The summed E-state index contributed by atoms with van der Waals surface area (Å²) in [5, 5.41) is 5.14. The van der Waals surface area contributed by atoms with Crippen LogP contribution in [-0.4, -0.2) is 18.7 Å². The Kier molecular flexibility index (Phi) is 8.35. The van der Waals surface area contributed by atoms with Gasteiger partial charge in [-0.1, -0.05) is 47.5 Å². The molecule has 0 aromatic heterocycles. The minimum atomic E-state index is -0.294. The van der Waals surface area contributed by atoms with Crippen molar-refractivity contribution in [3.8, 4) is 11.5 Å². The minimum Gasteiger partial charge on any atom is -0.490 e. The molecule has 0 saturated carbocycles. The molecule has 31 heavy (non-hydrogen) atoms. The Labute approximate surface area is 199 Å². The summed E-state index contributed by atoms with van der Waals surface area (Å²) in [5.74, 6) is 0.801. The Morgan fingerprint density at radius 2 is 1.81 bits per heavy atom. The fourth-order valence-electron chi connectivity index (χ4n) is 2.64. The Morgan fingerprint density at radius 1 is 1.06 bits per heavy atom. The molecule has 1 N–H and O–H groups in total. The lowest BCUT2D eigenvalue weighted by Crippen LogP contribution is -2.17. The minimum absolute atomic E-state index is 0.253. The van der Waals surface area contributed by atoms with Gasteiger partial charge in [0.2, 0.25) is 0 Å². The molecule has 3 aromatic carbocycles. The number of rotatable bonds is 8. The van der Waals surface area contributed by atoms with Crippen LogP contribution in [0.25, 0.3) is 0 Å². The van der Waals surface area contributed by atoms with Crippen molar-refractivity contribution in [1.29, 1.82) is 0 Å². The molecule has 0 unspecified atom stereocenters. The molecule has 0 saturated heterocycles. The van der Waals surface area contributed by atoms with Crippen LogP contribution in [0.5, 0.6) is 11.5 Å². The molecule has 0 aliphatic heterocycles. The largest absolute Gasteiger partial charge is 0.490 e. The van der Waals surface area contributed by atoms with E-state index in [0.717, 1.165) is 10.0 Å². The number of benzene rings is 3. The summed E-state index contributed by atoms with van der Waals surface area (Å²) in [4.78, 5) is 12.1. The van der Waals surface area contributed by atoms with Crippen molar-refractivity contribution < 1.29 is 14.3 Å². The van der Waals surface area contributed by atoms with Crippen LogP contribution in [0, 0.1) is 0 Å². The molecule has 0 fully saturated rings. The Bertz CT molecular complexity index is 1090. The van der Waals surface area contributed by atoms with Crippen molar-refractivity contribution >= 4 is 51.3 Å². The third-order valence-corrected chi connectivity index (χ3v) is 5.44. The molecule has 3 aromatic rings. The van der Waals surface area contributed by atoms with Crippen molar-refractivity contribution in [2.45, 2.75) is 13.5 Å². The number of halogens is 3. The summed E-state index contributed by atoms with van der Waals surface area (Å²) >= 11 is 15.7. The number of ether oxygens (including phenoxy) is 2. The van der Waals surface area contributed by atoms with Gasteiger partial charge in [0.1, 0.15) is 6.61 Å². The van der Waals surface area contributed by atoms with Gasteiger partial charge in [-0.25, -0.2) is 5.43 Å². The fraction of sp³-hybridized carbons (Fsp3) is 0.130. The molecule has 0 spiro atoms. The van der Waals surface area contributed by atoms with Crippen molar-refractivity contribution in [2.75, 3.05) is 6.61 Å². The molecular weight excluding hydrogens is 503 g/mol. The SMILES string of the molecule is CCOc1cc(/C=N\NC(=O)c2ccccc2)c(Br)cc1OCc1ccc(Cl)cc1Cl. The topological polar surface area (TPSA) is 59.9 Å². The highest BCUT2D eigenvalue weighted by atomic mass is 79.9. The summed E-state index contributed by atoms with van der Waals surface area (Å²) in [5.41, 5.74) is 4.56. The van der Waals surface area contributed by atoms with E-state index in [1.807, 2.05) is 19.1 Å². The first-order valence-corrected chi connectivity index (χ1v) is 10.9. The van der Waals surface area contributed by atoms with Gasteiger partial charge >= 0.3 is 0 Å². The van der Waals surface area contributed by atoms with Crippen LogP contribution in [0.15, 0.2) is 70.2 Å². The third-order valence-electron chi connectivity index (χ3n) is 4.17. The maximum Gasteiger partial charge on any atom is 0.271 e. The molecule has 5 nitrogen and oxygen atoms in total. The predicted octanol–water partition coefficient (Wildman–Crippen LogP) is 6.50. The van der Waals surface area contributed by atoms with Gasteiger partial charge in [0, 0.05) is 31.2 Å². The summed E-state index contributed by atoms with van der Waals surface area (Å²) < 4.78 is 12.4. The summed E-state index contributed by atoms with van der Waals surface area (Å²) in [6.07, 6.45) is 1.54. The molecule has 0 atom stereocenters. The van der Waals surface area contributed by atoms with Gasteiger partial charge in [0.15, 0.2) is 11.5 Å². The molecule has 8 heteroatoms. The van der Waals surface area contributed by atoms with Crippen molar-refractivity contribution in [2.24, 2.45) is 5.10 Å². The molecule has 0 bridgehead atoms. The average molecular weight is 522 g/mol. The quantitative estimate of drug-likeness (QED) is 0.272. The molecule has 0 aliphatic rings. The Morgan fingerprint density at radius 3 is 2.52 bits per heavy atom. The lowest BCUT2D eigenvalue weighted by molar-refractivity contribution is 0.0955. The first-order chi connectivity index (χ1) is 15.0. The van der Waals surface area contributed by atoms with Crippen molar-refractivity contribution in [1.82, 2.24) is 5.43 Å². The lowest BCUT2D eigenvalue weighted by Gasteiger charge is -2.14. The number of amides is 1. The summed E-state index contributed by atoms with van der Waals surface area (Å²) in [6.45, 7) is 2.60. The van der Waals surface area contributed by atoms with E-state index in [1.54, 1.807) is 48.5 Å². The second kappa shape index (κ2) is 11.2. The van der Waals surface area contributed by atoms with E-state index in [1.165, 1.54) is 6.21 Å². The van der Waals surface area contributed by atoms with E-state index in [-0.39, 0.29) is 12.5 Å². The van der Waals surface area contributed by atoms with Gasteiger partial charge in [0.05, 0.1) is 12.8 Å². The van der Waals surface area contributed by atoms with Gasteiger partial charge < -0.3 is 9.47 Å². The summed E-state index contributed by atoms with van der Waals surface area (Å²) in [7, 11) is 0. The maximum absolute atomic E-state index is 12.1. The first kappa shape index (κ1) is 23.1. The van der Waals surface area contributed by atoms with Gasteiger partial charge in [-0.3, -0.25) is 4.79 Å². The fourth-order valence-corrected chi connectivity index (χ4v) is 3.53. The van der Waals surface area contributed by atoms with Crippen molar-refractivity contribution in [3.63, 3.8) is 0 Å². The predicted molar refractivity (Wildman–Crippen MR) is 128 cm³/mol. The first-order valence-electron chi connectivity index (χ1n) is 9.39. The highest BCUT2D eigenvalue weighted by Crippen LogP contribution is 2.34. The Balaban J connectivity index is 1.74. The third kappa shape index (κ3) is 6.47. The molecule has 1 amide bonds. The lowest BCUT2D eigenvalue weighted by atomic mass is 10.2. The van der Waals surface area contributed by atoms with E-state index >= 15 is 0 Å². The van der Waals surface area contributed by atoms with E-state index < -0.39 is 0 Å². The van der Waals surface area contributed by atoms with Crippen LogP contribution in [0.4, 0.5) is 0 Å². The van der Waals surface area contributed by atoms with Gasteiger partial charge in [-0.15, -0.1) is 0 Å². The Hall–Kier alpha value is -2.54. The zero-order valence-electron chi connectivity index (χ0n) is 16.6. The standard InChI is InChI=1S/C23H19BrCl2N2O3/c1-2-30-21-10-17(13-27-28-23(29)15-6-4-3-5-7-15)19(24)12-22(21)31-14-16-8-9-18(25)11-20(16)26/h3-13H,2,14H2,1H3,(H,28,29)/b27-13-. The number of hydrogen-bond acceptors (Lipinski definition) is 4. The number of nitrogens with zero attached hydrogens (tertiary/aromatic N) is 1. The van der Waals surface area contributed by atoms with E-state index in [9.17, 15) is 4.79 Å².